The molecule has 1 aliphatic rings. The molecule has 4 heteroatoms. The van der Waals surface area contributed by atoms with E-state index < -0.39 is 5.60 Å². The molecule has 1 heterocycles. The lowest BCUT2D eigenvalue weighted by Gasteiger charge is -2.18. The highest BCUT2D eigenvalue weighted by Gasteiger charge is 2.19. The van der Waals surface area contributed by atoms with Gasteiger partial charge in [-0.1, -0.05) is 12.1 Å². The first-order chi connectivity index (χ1) is 8.97. The van der Waals surface area contributed by atoms with Gasteiger partial charge in [0.1, 0.15) is 0 Å². The number of rotatable bonds is 4. The van der Waals surface area contributed by atoms with Crippen molar-refractivity contribution in [3.8, 4) is 0 Å². The minimum atomic E-state index is -0.940. The molecule has 1 saturated heterocycles. The highest BCUT2D eigenvalue weighted by molar-refractivity contribution is 5.94. The van der Waals surface area contributed by atoms with Crippen LogP contribution < -0.4 is 5.32 Å². The normalized spacial score (nSPS) is 19.4. The summed E-state index contributed by atoms with van der Waals surface area (Å²) in [6.45, 7) is 4.74. The number of benzene rings is 1. The van der Waals surface area contributed by atoms with E-state index in [1.165, 1.54) is 0 Å². The lowest BCUT2D eigenvalue weighted by molar-refractivity contribution is 0.0782. The molecule has 1 amide bonds. The second kappa shape index (κ2) is 5.72. The van der Waals surface area contributed by atoms with Gasteiger partial charge in [-0.2, -0.15) is 0 Å². The van der Waals surface area contributed by atoms with Gasteiger partial charge in [0.05, 0.1) is 11.7 Å². The molecule has 4 nitrogen and oxygen atoms in total. The summed E-state index contributed by atoms with van der Waals surface area (Å²) in [5, 5.41) is 12.8. The van der Waals surface area contributed by atoms with Crippen LogP contribution in [0.1, 0.15) is 42.6 Å². The first-order valence-corrected chi connectivity index (χ1v) is 6.69. The summed E-state index contributed by atoms with van der Waals surface area (Å²) < 4.78 is 5.46. The monoisotopic (exact) mass is 263 g/mol. The maximum absolute atomic E-state index is 12.0. The standard InChI is InChI=1S/C15H21NO3/c1-15(2,18)12-6-3-5-11(9-12)14(17)16-10-13-7-4-8-19-13/h3,5-6,9,13,18H,4,7-8,10H2,1-2H3,(H,16,17). The van der Waals surface area contributed by atoms with Crippen LogP contribution >= 0.6 is 0 Å². The third-order valence-electron chi connectivity index (χ3n) is 3.35. The van der Waals surface area contributed by atoms with Gasteiger partial charge in [-0.05, 0) is 44.4 Å². The van der Waals surface area contributed by atoms with Gasteiger partial charge in [-0.25, -0.2) is 0 Å². The molecule has 1 unspecified atom stereocenters. The van der Waals surface area contributed by atoms with E-state index in [0.29, 0.717) is 12.1 Å². The number of hydrogen-bond acceptors (Lipinski definition) is 3. The molecule has 1 atom stereocenters. The molecule has 1 aromatic rings. The average Bonchev–Trinajstić information content (AvgIpc) is 2.88. The van der Waals surface area contributed by atoms with E-state index in [-0.39, 0.29) is 12.0 Å². The summed E-state index contributed by atoms with van der Waals surface area (Å²) in [5.74, 6) is -0.124. The predicted molar refractivity (Wildman–Crippen MR) is 73.0 cm³/mol. The Balaban J connectivity index is 1.98. The van der Waals surface area contributed by atoms with Gasteiger partial charge in [0.25, 0.3) is 5.91 Å². The van der Waals surface area contributed by atoms with Crippen LogP contribution in [0.25, 0.3) is 0 Å². The van der Waals surface area contributed by atoms with E-state index in [9.17, 15) is 9.90 Å². The Hall–Kier alpha value is -1.39. The van der Waals surface area contributed by atoms with E-state index in [1.807, 2.05) is 6.07 Å². The van der Waals surface area contributed by atoms with Crippen LogP contribution in [0.2, 0.25) is 0 Å². The summed E-state index contributed by atoms with van der Waals surface area (Å²) in [5.41, 5.74) is 0.361. The minimum absolute atomic E-state index is 0.124. The van der Waals surface area contributed by atoms with Gasteiger partial charge < -0.3 is 15.2 Å². The zero-order valence-corrected chi connectivity index (χ0v) is 11.5. The smallest absolute Gasteiger partial charge is 0.251 e. The summed E-state index contributed by atoms with van der Waals surface area (Å²) in [6, 6.07) is 7.08. The fourth-order valence-corrected chi connectivity index (χ4v) is 2.15. The van der Waals surface area contributed by atoms with Crippen LogP contribution in [-0.4, -0.2) is 30.3 Å². The maximum Gasteiger partial charge on any atom is 0.251 e. The number of carbonyl (C=O) groups is 1. The molecule has 0 aliphatic carbocycles. The van der Waals surface area contributed by atoms with Gasteiger partial charge in [0.15, 0.2) is 0 Å². The molecular formula is C15H21NO3. The second-order valence-electron chi connectivity index (χ2n) is 5.48. The maximum atomic E-state index is 12.0. The van der Waals surface area contributed by atoms with Crippen LogP contribution in [0.15, 0.2) is 24.3 Å². The zero-order valence-electron chi connectivity index (χ0n) is 11.5. The lowest BCUT2D eigenvalue weighted by atomic mass is 9.96. The van der Waals surface area contributed by atoms with Crippen molar-refractivity contribution in [2.24, 2.45) is 0 Å². The van der Waals surface area contributed by atoms with Crippen molar-refractivity contribution in [3.63, 3.8) is 0 Å². The molecule has 19 heavy (non-hydrogen) atoms. The highest BCUT2D eigenvalue weighted by atomic mass is 16.5. The molecule has 2 N–H and O–H groups in total. The molecule has 104 valence electrons. The van der Waals surface area contributed by atoms with E-state index in [4.69, 9.17) is 4.74 Å². The molecule has 1 aromatic carbocycles. The minimum Gasteiger partial charge on any atom is -0.386 e. The summed E-state index contributed by atoms with van der Waals surface area (Å²) in [4.78, 5) is 12.0. The number of nitrogens with one attached hydrogen (secondary N) is 1. The van der Waals surface area contributed by atoms with Crippen LogP contribution in [0.5, 0.6) is 0 Å². The van der Waals surface area contributed by atoms with Crippen LogP contribution in [0.3, 0.4) is 0 Å². The Labute approximate surface area is 113 Å². The van der Waals surface area contributed by atoms with Crippen molar-refractivity contribution in [1.29, 1.82) is 0 Å². The van der Waals surface area contributed by atoms with E-state index >= 15 is 0 Å². The number of aliphatic hydroxyl groups is 1. The Morgan fingerprint density at radius 2 is 2.32 bits per heavy atom. The molecule has 1 aliphatic heterocycles. The number of hydrogen-bond donors (Lipinski definition) is 2. The van der Waals surface area contributed by atoms with E-state index in [1.54, 1.807) is 32.0 Å². The third kappa shape index (κ3) is 3.78. The Kier molecular flexibility index (Phi) is 4.22. The summed E-state index contributed by atoms with van der Waals surface area (Å²) in [6.07, 6.45) is 2.21. The molecule has 0 radical (unpaired) electrons. The Bertz CT molecular complexity index is 445. The number of carbonyl (C=O) groups excluding carboxylic acids is 1. The van der Waals surface area contributed by atoms with E-state index in [0.717, 1.165) is 25.0 Å². The molecule has 0 spiro atoms. The number of ether oxygens (including phenoxy) is 1. The van der Waals surface area contributed by atoms with Crippen LogP contribution in [0, 0.1) is 0 Å². The fraction of sp³-hybridized carbons (Fsp3) is 0.533. The second-order valence-corrected chi connectivity index (χ2v) is 5.48. The fourth-order valence-electron chi connectivity index (χ4n) is 2.15. The lowest BCUT2D eigenvalue weighted by Crippen LogP contribution is -2.32. The van der Waals surface area contributed by atoms with Gasteiger partial charge in [-0.15, -0.1) is 0 Å². The third-order valence-corrected chi connectivity index (χ3v) is 3.35. The van der Waals surface area contributed by atoms with Crippen LogP contribution in [0.4, 0.5) is 0 Å². The van der Waals surface area contributed by atoms with Crippen LogP contribution in [-0.2, 0) is 10.3 Å². The molecule has 2 rings (SSSR count). The molecule has 0 saturated carbocycles. The van der Waals surface area contributed by atoms with E-state index in [2.05, 4.69) is 5.32 Å². The average molecular weight is 263 g/mol. The quantitative estimate of drug-likeness (QED) is 0.871. The van der Waals surface area contributed by atoms with Crippen molar-refractivity contribution in [1.82, 2.24) is 5.32 Å². The Morgan fingerprint density at radius 3 is 2.95 bits per heavy atom. The van der Waals surface area contributed by atoms with Crippen molar-refractivity contribution in [2.45, 2.75) is 38.4 Å². The van der Waals surface area contributed by atoms with Gasteiger partial charge in [0.2, 0.25) is 0 Å². The zero-order chi connectivity index (χ0) is 13.9. The number of amides is 1. The first kappa shape index (κ1) is 14.0. The largest absolute Gasteiger partial charge is 0.386 e. The SMILES string of the molecule is CC(C)(O)c1cccc(C(=O)NCC2CCCO2)c1. The van der Waals surface area contributed by atoms with Crippen molar-refractivity contribution in [3.05, 3.63) is 35.4 Å². The van der Waals surface area contributed by atoms with Crippen molar-refractivity contribution >= 4 is 5.91 Å². The first-order valence-electron chi connectivity index (χ1n) is 6.69. The summed E-state index contributed by atoms with van der Waals surface area (Å²) in [7, 11) is 0. The van der Waals surface area contributed by atoms with Gasteiger partial charge >= 0.3 is 0 Å². The van der Waals surface area contributed by atoms with Gasteiger partial charge in [-0.3, -0.25) is 4.79 Å². The highest BCUT2D eigenvalue weighted by Crippen LogP contribution is 2.20. The molecule has 0 aromatic heterocycles. The summed E-state index contributed by atoms with van der Waals surface area (Å²) >= 11 is 0. The predicted octanol–water partition coefficient (Wildman–Crippen LogP) is 1.82. The molecule has 0 bridgehead atoms. The molecular weight excluding hydrogens is 242 g/mol. The van der Waals surface area contributed by atoms with Crippen molar-refractivity contribution < 1.29 is 14.6 Å². The Morgan fingerprint density at radius 1 is 1.53 bits per heavy atom. The molecule has 1 fully saturated rings. The van der Waals surface area contributed by atoms with Gasteiger partial charge in [0, 0.05) is 18.7 Å². The van der Waals surface area contributed by atoms with Crippen molar-refractivity contribution in [2.75, 3.05) is 13.2 Å². The topological polar surface area (TPSA) is 58.6 Å².